The van der Waals surface area contributed by atoms with Crippen LogP contribution >= 0.6 is 0 Å². The van der Waals surface area contributed by atoms with E-state index in [1.165, 1.54) is 0 Å². The molecule has 0 bridgehead atoms. The van der Waals surface area contributed by atoms with Crippen LogP contribution < -0.4 is 4.74 Å². The second-order valence-corrected chi connectivity index (χ2v) is 4.12. The predicted octanol–water partition coefficient (Wildman–Crippen LogP) is 3.98. The van der Waals surface area contributed by atoms with Gasteiger partial charge >= 0.3 is 0 Å². The van der Waals surface area contributed by atoms with Crippen LogP contribution in [0.2, 0.25) is 0 Å². The highest BCUT2D eigenvalue weighted by Gasteiger charge is 2.07. The summed E-state index contributed by atoms with van der Waals surface area (Å²) in [4.78, 5) is 11.9. The van der Waals surface area contributed by atoms with Crippen LogP contribution in [0, 0.1) is 0 Å². The molecule has 0 N–H and O–H groups in total. The molecule has 0 amide bonds. The molecule has 0 unspecified atom stereocenters. The van der Waals surface area contributed by atoms with E-state index in [1.807, 2.05) is 61.5 Å². The standard InChI is InChI=1S/C17H16O2/c1-2-8-15-11-6-7-12-17(15)19-13-16(18)14-9-4-3-5-10-14/h2-12H,13H2,1H3. The van der Waals surface area contributed by atoms with Crippen LogP contribution in [0.5, 0.6) is 5.75 Å². The van der Waals surface area contributed by atoms with Gasteiger partial charge in [-0.3, -0.25) is 4.79 Å². The summed E-state index contributed by atoms with van der Waals surface area (Å²) in [6, 6.07) is 16.8. The van der Waals surface area contributed by atoms with Gasteiger partial charge in [0.1, 0.15) is 5.75 Å². The highest BCUT2D eigenvalue weighted by Crippen LogP contribution is 2.19. The summed E-state index contributed by atoms with van der Waals surface area (Å²) in [5.41, 5.74) is 1.65. The SMILES string of the molecule is CC=Cc1ccccc1OCC(=O)c1ccccc1. The van der Waals surface area contributed by atoms with Gasteiger partial charge in [-0.15, -0.1) is 0 Å². The number of hydrogen-bond donors (Lipinski definition) is 0. The van der Waals surface area contributed by atoms with E-state index in [9.17, 15) is 4.79 Å². The Bertz CT molecular complexity index is 571. The number of benzene rings is 2. The molecule has 0 aromatic heterocycles. The van der Waals surface area contributed by atoms with Gasteiger partial charge in [0.05, 0.1) is 0 Å². The second-order valence-electron chi connectivity index (χ2n) is 4.12. The maximum Gasteiger partial charge on any atom is 0.200 e. The summed E-state index contributed by atoms with van der Waals surface area (Å²) in [6.07, 6.45) is 3.91. The first kappa shape index (κ1) is 13.1. The molecule has 0 atom stereocenters. The first-order valence-electron chi connectivity index (χ1n) is 6.24. The van der Waals surface area contributed by atoms with Crippen LogP contribution in [0.3, 0.4) is 0 Å². The van der Waals surface area contributed by atoms with Crippen molar-refractivity contribution in [3.8, 4) is 5.75 Å². The molecule has 96 valence electrons. The highest BCUT2D eigenvalue weighted by molar-refractivity contribution is 5.97. The molecule has 19 heavy (non-hydrogen) atoms. The largest absolute Gasteiger partial charge is 0.485 e. The smallest absolute Gasteiger partial charge is 0.200 e. The van der Waals surface area contributed by atoms with Gasteiger partial charge in [0.25, 0.3) is 0 Å². The van der Waals surface area contributed by atoms with Crippen molar-refractivity contribution in [3.05, 3.63) is 71.8 Å². The van der Waals surface area contributed by atoms with Gasteiger partial charge in [-0.1, -0.05) is 60.7 Å². The molecule has 0 heterocycles. The molecule has 0 saturated heterocycles. The molecule has 2 heteroatoms. The van der Waals surface area contributed by atoms with Crippen molar-refractivity contribution in [3.63, 3.8) is 0 Å². The maximum absolute atomic E-state index is 11.9. The fourth-order valence-corrected chi connectivity index (χ4v) is 1.78. The number of ketones is 1. The lowest BCUT2D eigenvalue weighted by Gasteiger charge is -2.08. The molecule has 0 aliphatic carbocycles. The number of rotatable bonds is 5. The van der Waals surface area contributed by atoms with E-state index in [-0.39, 0.29) is 12.4 Å². The third-order valence-corrected chi connectivity index (χ3v) is 2.72. The molecule has 2 aromatic carbocycles. The molecule has 0 aliphatic rings. The molecule has 0 fully saturated rings. The zero-order valence-corrected chi connectivity index (χ0v) is 10.9. The molecule has 0 saturated carbocycles. The van der Waals surface area contributed by atoms with Gasteiger partial charge in [-0.2, -0.15) is 0 Å². The number of Topliss-reactive ketones (excluding diaryl/α,β-unsaturated/α-hetero) is 1. The Morgan fingerprint density at radius 3 is 2.47 bits per heavy atom. The Balaban J connectivity index is 2.05. The number of carbonyl (C=O) groups excluding carboxylic acids is 1. The van der Waals surface area contributed by atoms with E-state index in [1.54, 1.807) is 12.1 Å². The topological polar surface area (TPSA) is 26.3 Å². The van der Waals surface area contributed by atoms with E-state index in [2.05, 4.69) is 0 Å². The van der Waals surface area contributed by atoms with Crippen LogP contribution in [0.15, 0.2) is 60.7 Å². The second kappa shape index (κ2) is 6.55. The van der Waals surface area contributed by atoms with Crippen molar-refractivity contribution in [1.82, 2.24) is 0 Å². The van der Waals surface area contributed by atoms with Crippen molar-refractivity contribution in [2.45, 2.75) is 6.92 Å². The van der Waals surface area contributed by atoms with Crippen LogP contribution in [-0.2, 0) is 0 Å². The maximum atomic E-state index is 11.9. The molecule has 0 radical (unpaired) electrons. The average molecular weight is 252 g/mol. The third-order valence-electron chi connectivity index (χ3n) is 2.72. The summed E-state index contributed by atoms with van der Waals surface area (Å²) in [6.45, 7) is 2.00. The van der Waals surface area contributed by atoms with E-state index >= 15 is 0 Å². The Kier molecular flexibility index (Phi) is 4.51. The number of para-hydroxylation sites is 1. The normalized spacial score (nSPS) is 10.6. The van der Waals surface area contributed by atoms with Gasteiger partial charge in [0.15, 0.2) is 12.4 Å². The zero-order chi connectivity index (χ0) is 13.5. The lowest BCUT2D eigenvalue weighted by molar-refractivity contribution is 0.0921. The van der Waals surface area contributed by atoms with E-state index in [0.717, 1.165) is 11.3 Å². The monoisotopic (exact) mass is 252 g/mol. The van der Waals surface area contributed by atoms with Gasteiger partial charge < -0.3 is 4.74 Å². The Morgan fingerprint density at radius 2 is 1.74 bits per heavy atom. The van der Waals surface area contributed by atoms with E-state index in [0.29, 0.717) is 5.56 Å². The quantitative estimate of drug-likeness (QED) is 0.752. The molecule has 2 nitrogen and oxygen atoms in total. The number of allylic oxidation sites excluding steroid dienone is 1. The molecular weight excluding hydrogens is 236 g/mol. The molecule has 0 aliphatic heterocycles. The van der Waals surface area contributed by atoms with Crippen molar-refractivity contribution >= 4 is 11.9 Å². The summed E-state index contributed by atoms with van der Waals surface area (Å²) in [7, 11) is 0. The summed E-state index contributed by atoms with van der Waals surface area (Å²) in [5.74, 6) is 0.709. The molecule has 2 aromatic rings. The Hall–Kier alpha value is -2.35. The lowest BCUT2D eigenvalue weighted by Crippen LogP contribution is -2.11. The predicted molar refractivity (Wildman–Crippen MR) is 77.4 cm³/mol. The molecule has 2 rings (SSSR count). The Morgan fingerprint density at radius 1 is 1.05 bits per heavy atom. The summed E-state index contributed by atoms with van der Waals surface area (Å²) in [5, 5.41) is 0. The van der Waals surface area contributed by atoms with Gasteiger partial charge in [-0.05, 0) is 13.0 Å². The number of carbonyl (C=O) groups is 1. The van der Waals surface area contributed by atoms with Crippen molar-refractivity contribution < 1.29 is 9.53 Å². The van der Waals surface area contributed by atoms with Crippen LogP contribution in [0.25, 0.3) is 6.08 Å². The summed E-state index contributed by atoms with van der Waals surface area (Å²) < 4.78 is 5.61. The van der Waals surface area contributed by atoms with Gasteiger partial charge in [0, 0.05) is 11.1 Å². The van der Waals surface area contributed by atoms with Crippen LogP contribution in [-0.4, -0.2) is 12.4 Å². The lowest BCUT2D eigenvalue weighted by atomic mass is 10.1. The number of ether oxygens (including phenoxy) is 1. The fourth-order valence-electron chi connectivity index (χ4n) is 1.78. The van der Waals surface area contributed by atoms with Crippen molar-refractivity contribution in [1.29, 1.82) is 0 Å². The minimum Gasteiger partial charge on any atom is -0.485 e. The number of hydrogen-bond acceptors (Lipinski definition) is 2. The van der Waals surface area contributed by atoms with Crippen LogP contribution in [0.4, 0.5) is 0 Å². The zero-order valence-electron chi connectivity index (χ0n) is 10.9. The molecular formula is C17H16O2. The first-order chi connectivity index (χ1) is 9.31. The van der Waals surface area contributed by atoms with Gasteiger partial charge in [-0.25, -0.2) is 0 Å². The first-order valence-corrected chi connectivity index (χ1v) is 6.24. The molecule has 0 spiro atoms. The minimum atomic E-state index is -0.0177. The van der Waals surface area contributed by atoms with Gasteiger partial charge in [0.2, 0.25) is 0 Å². The highest BCUT2D eigenvalue weighted by atomic mass is 16.5. The van der Waals surface area contributed by atoms with E-state index in [4.69, 9.17) is 4.74 Å². The minimum absolute atomic E-state index is 0.0177. The van der Waals surface area contributed by atoms with E-state index < -0.39 is 0 Å². The van der Waals surface area contributed by atoms with Crippen LogP contribution in [0.1, 0.15) is 22.8 Å². The third kappa shape index (κ3) is 3.55. The fraction of sp³-hybridized carbons (Fsp3) is 0.118. The van der Waals surface area contributed by atoms with Crippen molar-refractivity contribution in [2.24, 2.45) is 0 Å². The summed E-state index contributed by atoms with van der Waals surface area (Å²) >= 11 is 0. The van der Waals surface area contributed by atoms with Crippen molar-refractivity contribution in [2.75, 3.05) is 6.61 Å². The average Bonchev–Trinajstić information content (AvgIpc) is 2.47. The Labute approximate surface area is 113 Å².